The van der Waals surface area contributed by atoms with Crippen molar-refractivity contribution in [2.45, 2.75) is 46.1 Å². The van der Waals surface area contributed by atoms with Crippen LogP contribution in [-0.4, -0.2) is 12.7 Å². The first-order valence-electron chi connectivity index (χ1n) is 4.40. The van der Waals surface area contributed by atoms with Crippen molar-refractivity contribution < 1.29 is 4.74 Å². The molecule has 0 aromatic rings. The van der Waals surface area contributed by atoms with E-state index in [0.29, 0.717) is 11.5 Å². The maximum Gasteiger partial charge on any atom is 0.0581 e. The molecule has 2 aliphatic rings. The Morgan fingerprint density at radius 1 is 1.40 bits per heavy atom. The summed E-state index contributed by atoms with van der Waals surface area (Å²) in [6.45, 7) is 7.36. The van der Waals surface area contributed by atoms with Gasteiger partial charge in [-0.3, -0.25) is 0 Å². The summed E-state index contributed by atoms with van der Waals surface area (Å²) < 4.78 is 5.45. The summed E-state index contributed by atoms with van der Waals surface area (Å²) >= 11 is 0. The van der Waals surface area contributed by atoms with Crippen molar-refractivity contribution >= 4 is 0 Å². The summed E-state index contributed by atoms with van der Waals surface area (Å²) in [6, 6.07) is 0. The van der Waals surface area contributed by atoms with Gasteiger partial charge >= 0.3 is 0 Å². The molecule has 2 rings (SSSR count). The Balaban J connectivity index is 0.000000231. The molecule has 1 aliphatic heterocycles. The fourth-order valence-electron chi connectivity index (χ4n) is 1.86. The predicted molar refractivity (Wildman–Crippen MR) is 43.0 cm³/mol. The molecule has 1 heteroatoms. The molecule has 2 fully saturated rings. The fraction of sp³-hybridized carbons (Fsp3) is 1.00. The minimum absolute atomic E-state index is 0.588. The van der Waals surface area contributed by atoms with Crippen LogP contribution in [0.15, 0.2) is 0 Å². The first-order chi connectivity index (χ1) is 4.79. The average molecular weight is 142 g/mol. The first-order valence-corrected chi connectivity index (χ1v) is 4.40. The molecule has 10 heavy (non-hydrogen) atoms. The van der Waals surface area contributed by atoms with E-state index in [1.54, 1.807) is 0 Å². The Morgan fingerprint density at radius 3 is 2.20 bits per heavy atom. The van der Waals surface area contributed by atoms with Crippen LogP contribution in [0.25, 0.3) is 0 Å². The fourth-order valence-corrected chi connectivity index (χ4v) is 1.86. The van der Waals surface area contributed by atoms with Crippen molar-refractivity contribution in [3.63, 3.8) is 0 Å². The second-order valence-electron chi connectivity index (χ2n) is 3.49. The quantitative estimate of drug-likeness (QED) is 0.505. The summed E-state index contributed by atoms with van der Waals surface area (Å²) in [5.74, 6) is 0. The Bertz CT molecular complexity index is 101. The largest absolute Gasteiger partial charge is 0.378 e. The van der Waals surface area contributed by atoms with Gasteiger partial charge in [-0.1, -0.05) is 20.8 Å². The summed E-state index contributed by atoms with van der Waals surface area (Å²) in [5.41, 5.74) is 0.588. The van der Waals surface area contributed by atoms with Crippen LogP contribution in [-0.2, 0) is 4.74 Å². The lowest BCUT2D eigenvalue weighted by molar-refractivity contribution is 0.0566. The van der Waals surface area contributed by atoms with Crippen LogP contribution in [0.5, 0.6) is 0 Å². The van der Waals surface area contributed by atoms with Gasteiger partial charge in [0, 0.05) is 0 Å². The molecule has 0 amide bonds. The zero-order valence-electron chi connectivity index (χ0n) is 7.31. The Kier molecular flexibility index (Phi) is 2.35. The van der Waals surface area contributed by atoms with Gasteiger partial charge in [-0.15, -0.1) is 0 Å². The zero-order valence-corrected chi connectivity index (χ0v) is 7.31. The SMILES string of the molecule is CC.CC12CCC(C1)OC2. The van der Waals surface area contributed by atoms with Crippen molar-refractivity contribution in [2.75, 3.05) is 6.61 Å². The second kappa shape index (κ2) is 2.91. The highest BCUT2D eigenvalue weighted by atomic mass is 16.5. The minimum Gasteiger partial charge on any atom is -0.378 e. The van der Waals surface area contributed by atoms with Crippen LogP contribution < -0.4 is 0 Å². The predicted octanol–water partition coefficient (Wildman–Crippen LogP) is 2.60. The molecule has 0 N–H and O–H groups in total. The number of hydrogen-bond donors (Lipinski definition) is 0. The summed E-state index contributed by atoms with van der Waals surface area (Å²) in [5, 5.41) is 0. The molecule has 0 aromatic heterocycles. The molecular weight excluding hydrogens is 124 g/mol. The maximum absolute atomic E-state index is 5.45. The summed E-state index contributed by atoms with van der Waals surface area (Å²) in [6.07, 6.45) is 4.68. The van der Waals surface area contributed by atoms with Crippen molar-refractivity contribution in [1.29, 1.82) is 0 Å². The molecule has 0 spiro atoms. The Hall–Kier alpha value is -0.0400. The lowest BCUT2D eigenvalue weighted by Crippen LogP contribution is -2.15. The normalized spacial score (nSPS) is 42.9. The van der Waals surface area contributed by atoms with Gasteiger partial charge in [0.2, 0.25) is 0 Å². The van der Waals surface area contributed by atoms with Crippen LogP contribution in [0.1, 0.15) is 40.0 Å². The smallest absolute Gasteiger partial charge is 0.0581 e. The standard InChI is InChI=1S/C7H12O.C2H6/c1-7-3-2-6(4-7)8-5-7;1-2/h6H,2-5H2,1H3;1-2H3. The molecule has 1 heterocycles. The third kappa shape index (κ3) is 1.34. The molecule has 1 saturated heterocycles. The van der Waals surface area contributed by atoms with Gasteiger partial charge in [-0.25, -0.2) is 0 Å². The molecule has 1 aliphatic carbocycles. The molecule has 1 saturated carbocycles. The van der Waals surface area contributed by atoms with Gasteiger partial charge in [-0.05, 0) is 24.7 Å². The van der Waals surface area contributed by atoms with E-state index in [4.69, 9.17) is 4.74 Å². The van der Waals surface area contributed by atoms with E-state index >= 15 is 0 Å². The maximum atomic E-state index is 5.45. The molecule has 0 aromatic carbocycles. The molecule has 2 bridgehead atoms. The Labute approximate surface area is 63.8 Å². The van der Waals surface area contributed by atoms with Gasteiger partial charge < -0.3 is 4.74 Å². The monoisotopic (exact) mass is 142 g/mol. The van der Waals surface area contributed by atoms with E-state index < -0.39 is 0 Å². The van der Waals surface area contributed by atoms with Crippen molar-refractivity contribution in [3.8, 4) is 0 Å². The highest BCUT2D eigenvalue weighted by Crippen LogP contribution is 2.45. The molecule has 2 unspecified atom stereocenters. The van der Waals surface area contributed by atoms with Gasteiger partial charge in [0.15, 0.2) is 0 Å². The number of fused-ring (bicyclic) bond motifs is 2. The van der Waals surface area contributed by atoms with Crippen LogP contribution in [0, 0.1) is 5.41 Å². The van der Waals surface area contributed by atoms with Crippen LogP contribution >= 0.6 is 0 Å². The second-order valence-corrected chi connectivity index (χ2v) is 3.49. The zero-order chi connectivity index (χ0) is 7.61. The highest BCUT2D eigenvalue weighted by Gasteiger charge is 2.41. The van der Waals surface area contributed by atoms with Crippen LogP contribution in [0.3, 0.4) is 0 Å². The van der Waals surface area contributed by atoms with Crippen molar-refractivity contribution in [2.24, 2.45) is 5.41 Å². The van der Waals surface area contributed by atoms with E-state index in [2.05, 4.69) is 6.92 Å². The average Bonchev–Trinajstić information content (AvgIpc) is 2.49. The molecule has 2 atom stereocenters. The molecular formula is C9H18O. The summed E-state index contributed by atoms with van der Waals surface area (Å²) in [4.78, 5) is 0. The molecule has 0 radical (unpaired) electrons. The van der Waals surface area contributed by atoms with E-state index in [0.717, 1.165) is 6.61 Å². The topological polar surface area (TPSA) is 9.23 Å². The lowest BCUT2D eigenvalue weighted by atomic mass is 9.91. The van der Waals surface area contributed by atoms with Gasteiger partial charge in [0.05, 0.1) is 12.7 Å². The highest BCUT2D eigenvalue weighted by molar-refractivity contribution is 4.91. The number of ether oxygens (including phenoxy) is 1. The van der Waals surface area contributed by atoms with Crippen molar-refractivity contribution in [3.05, 3.63) is 0 Å². The van der Waals surface area contributed by atoms with E-state index in [1.165, 1.54) is 19.3 Å². The van der Waals surface area contributed by atoms with Crippen LogP contribution in [0.4, 0.5) is 0 Å². The third-order valence-electron chi connectivity index (χ3n) is 2.46. The van der Waals surface area contributed by atoms with E-state index in [9.17, 15) is 0 Å². The van der Waals surface area contributed by atoms with Crippen molar-refractivity contribution in [1.82, 2.24) is 0 Å². The van der Waals surface area contributed by atoms with Gasteiger partial charge in [0.1, 0.15) is 0 Å². The van der Waals surface area contributed by atoms with E-state index in [-0.39, 0.29) is 0 Å². The first kappa shape index (κ1) is 8.06. The summed E-state index contributed by atoms with van der Waals surface area (Å²) in [7, 11) is 0. The lowest BCUT2D eigenvalue weighted by Gasteiger charge is -2.18. The minimum atomic E-state index is 0.588. The Morgan fingerprint density at radius 2 is 2.10 bits per heavy atom. The number of rotatable bonds is 0. The van der Waals surface area contributed by atoms with Gasteiger partial charge in [0.25, 0.3) is 0 Å². The van der Waals surface area contributed by atoms with Crippen LogP contribution in [0.2, 0.25) is 0 Å². The third-order valence-corrected chi connectivity index (χ3v) is 2.46. The molecule has 60 valence electrons. The van der Waals surface area contributed by atoms with Gasteiger partial charge in [-0.2, -0.15) is 0 Å². The number of hydrogen-bond acceptors (Lipinski definition) is 1. The molecule has 1 nitrogen and oxygen atoms in total. The van der Waals surface area contributed by atoms with E-state index in [1.807, 2.05) is 13.8 Å².